The van der Waals surface area contributed by atoms with Crippen molar-refractivity contribution in [2.45, 2.75) is 27.2 Å². The molecule has 0 radical (unpaired) electrons. The van der Waals surface area contributed by atoms with Crippen LogP contribution in [-0.2, 0) is 9.59 Å². The average Bonchev–Trinajstić information content (AvgIpc) is 3.32. The minimum Gasteiger partial charge on any atom is -0.426 e. The van der Waals surface area contributed by atoms with Crippen LogP contribution in [0.3, 0.4) is 0 Å². The Morgan fingerprint density at radius 2 is 1.46 bits per heavy atom. The second-order valence-electron chi connectivity index (χ2n) is 9.01. The maximum absolute atomic E-state index is 12.9. The van der Waals surface area contributed by atoms with Crippen LogP contribution >= 0.6 is 0 Å². The Balaban J connectivity index is 1.32. The Bertz CT molecular complexity index is 1350. The van der Waals surface area contributed by atoms with Gasteiger partial charge in [0.05, 0.1) is 22.7 Å². The first kappa shape index (κ1) is 22.5. The van der Waals surface area contributed by atoms with Crippen molar-refractivity contribution in [3.05, 3.63) is 88.5 Å². The smallest absolute Gasteiger partial charge is 0.316 e. The molecule has 3 aromatic rings. The number of para-hydroxylation sites is 1. The van der Waals surface area contributed by atoms with Gasteiger partial charge >= 0.3 is 5.97 Å². The van der Waals surface area contributed by atoms with Gasteiger partial charge in [-0.1, -0.05) is 30.3 Å². The molecule has 3 amide bonds. The summed E-state index contributed by atoms with van der Waals surface area (Å²) in [6, 6.07) is 17.3. The highest BCUT2D eigenvalue weighted by Gasteiger charge is 2.38. The number of rotatable bonds is 4. The molecule has 1 saturated heterocycles. The van der Waals surface area contributed by atoms with E-state index < -0.39 is 11.9 Å². The summed E-state index contributed by atoms with van der Waals surface area (Å²) >= 11 is 0. The van der Waals surface area contributed by atoms with E-state index in [0.717, 1.165) is 21.7 Å². The second-order valence-corrected chi connectivity index (χ2v) is 9.01. The molecule has 35 heavy (non-hydrogen) atoms. The van der Waals surface area contributed by atoms with Crippen LogP contribution in [0.5, 0.6) is 5.75 Å². The summed E-state index contributed by atoms with van der Waals surface area (Å²) in [7, 11) is 0. The lowest BCUT2D eigenvalue weighted by Crippen LogP contribution is -2.30. The minimum absolute atomic E-state index is 0.0821. The van der Waals surface area contributed by atoms with Gasteiger partial charge in [0.15, 0.2) is 0 Å². The Kier molecular flexibility index (Phi) is 5.47. The zero-order valence-electron chi connectivity index (χ0n) is 19.7. The molecule has 0 aromatic heterocycles. The van der Waals surface area contributed by atoms with Crippen LogP contribution in [0.2, 0.25) is 0 Å². The first-order valence-electron chi connectivity index (χ1n) is 11.4. The molecule has 0 bridgehead atoms. The number of amides is 3. The zero-order chi connectivity index (χ0) is 24.9. The van der Waals surface area contributed by atoms with E-state index in [1.165, 1.54) is 0 Å². The molecule has 7 nitrogen and oxygen atoms in total. The lowest BCUT2D eigenvalue weighted by atomic mass is 10.1. The number of aryl methyl sites for hydroxylation is 3. The fourth-order valence-electron chi connectivity index (χ4n) is 4.86. The van der Waals surface area contributed by atoms with Crippen LogP contribution in [0.15, 0.2) is 60.7 Å². The number of nitrogens with zero attached hydrogens (tertiary/aromatic N) is 2. The van der Waals surface area contributed by atoms with E-state index in [2.05, 4.69) is 0 Å². The molecule has 0 aliphatic carbocycles. The molecule has 3 aromatic carbocycles. The molecule has 1 atom stereocenters. The van der Waals surface area contributed by atoms with Gasteiger partial charge in [0.1, 0.15) is 5.75 Å². The van der Waals surface area contributed by atoms with Crippen molar-refractivity contribution in [2.75, 3.05) is 16.3 Å². The van der Waals surface area contributed by atoms with E-state index in [0.29, 0.717) is 28.1 Å². The van der Waals surface area contributed by atoms with Crippen molar-refractivity contribution in [3.8, 4) is 5.75 Å². The number of benzene rings is 3. The number of ether oxygens (including phenoxy) is 1. The number of hydrogen-bond acceptors (Lipinski definition) is 5. The van der Waals surface area contributed by atoms with Gasteiger partial charge in [-0.2, -0.15) is 0 Å². The van der Waals surface area contributed by atoms with Gasteiger partial charge in [0, 0.05) is 18.7 Å². The number of imide groups is 1. The summed E-state index contributed by atoms with van der Waals surface area (Å²) in [6.07, 6.45) is 0.0821. The normalized spacial score (nSPS) is 17.2. The highest BCUT2D eigenvalue weighted by Crippen LogP contribution is 2.34. The summed E-state index contributed by atoms with van der Waals surface area (Å²) in [5, 5.41) is 0. The van der Waals surface area contributed by atoms with E-state index >= 15 is 0 Å². The first-order chi connectivity index (χ1) is 16.8. The van der Waals surface area contributed by atoms with E-state index in [1.807, 2.05) is 32.0 Å². The van der Waals surface area contributed by atoms with E-state index in [1.54, 1.807) is 54.3 Å². The van der Waals surface area contributed by atoms with Gasteiger partial charge in [-0.15, -0.1) is 0 Å². The fourth-order valence-corrected chi connectivity index (χ4v) is 4.86. The van der Waals surface area contributed by atoms with E-state index in [-0.39, 0.29) is 30.7 Å². The number of anilines is 2. The topological polar surface area (TPSA) is 84.0 Å². The predicted octanol–water partition coefficient (Wildman–Crippen LogP) is 4.37. The summed E-state index contributed by atoms with van der Waals surface area (Å²) in [5.74, 6) is -1.64. The Morgan fingerprint density at radius 3 is 2.06 bits per heavy atom. The number of fused-ring (bicyclic) bond motifs is 1. The molecule has 0 unspecified atom stereocenters. The molecular formula is C28H24N2O5. The first-order valence-corrected chi connectivity index (χ1v) is 11.4. The summed E-state index contributed by atoms with van der Waals surface area (Å²) < 4.78 is 5.60. The highest BCUT2D eigenvalue weighted by atomic mass is 16.5. The van der Waals surface area contributed by atoms with Crippen molar-refractivity contribution in [1.82, 2.24) is 0 Å². The average molecular weight is 469 g/mol. The lowest BCUT2D eigenvalue weighted by molar-refractivity contribution is -0.139. The third-order valence-electron chi connectivity index (χ3n) is 6.59. The Labute approximate surface area is 202 Å². The molecule has 0 saturated carbocycles. The number of hydrogen-bond donors (Lipinski definition) is 0. The maximum atomic E-state index is 12.9. The molecule has 0 spiro atoms. The van der Waals surface area contributed by atoms with Crippen molar-refractivity contribution in [2.24, 2.45) is 5.92 Å². The third kappa shape index (κ3) is 3.79. The van der Waals surface area contributed by atoms with Crippen LogP contribution in [0.4, 0.5) is 11.4 Å². The number of carbonyl (C=O) groups is 4. The monoisotopic (exact) mass is 468 g/mol. The van der Waals surface area contributed by atoms with Gasteiger partial charge in [-0.25, -0.2) is 4.90 Å². The summed E-state index contributed by atoms with van der Waals surface area (Å²) in [5.41, 5.74) is 4.59. The van der Waals surface area contributed by atoms with Crippen molar-refractivity contribution in [1.29, 1.82) is 0 Å². The van der Waals surface area contributed by atoms with Gasteiger partial charge < -0.3 is 9.64 Å². The van der Waals surface area contributed by atoms with Crippen LogP contribution in [0.25, 0.3) is 0 Å². The predicted molar refractivity (Wildman–Crippen MR) is 131 cm³/mol. The maximum Gasteiger partial charge on any atom is 0.316 e. The fraction of sp³-hybridized carbons (Fsp3) is 0.214. The van der Waals surface area contributed by atoms with E-state index in [4.69, 9.17) is 4.74 Å². The lowest BCUT2D eigenvalue weighted by Gasteiger charge is -2.21. The zero-order valence-corrected chi connectivity index (χ0v) is 19.7. The van der Waals surface area contributed by atoms with Crippen LogP contribution in [0, 0.1) is 26.7 Å². The minimum atomic E-state index is -0.585. The third-order valence-corrected chi connectivity index (χ3v) is 6.59. The molecule has 5 rings (SSSR count). The highest BCUT2D eigenvalue weighted by molar-refractivity contribution is 6.34. The van der Waals surface area contributed by atoms with Crippen LogP contribution in [-0.4, -0.2) is 30.2 Å². The molecule has 2 heterocycles. The number of carbonyl (C=O) groups excluding carboxylic acids is 4. The largest absolute Gasteiger partial charge is 0.426 e. The number of esters is 1. The van der Waals surface area contributed by atoms with Gasteiger partial charge in [0.2, 0.25) is 5.91 Å². The van der Waals surface area contributed by atoms with Gasteiger partial charge in [-0.05, 0) is 67.8 Å². The summed E-state index contributed by atoms with van der Waals surface area (Å²) in [6.45, 7) is 5.90. The standard InChI is InChI=1S/C28H24N2O5/c1-16-7-6-8-17(2)25(16)29-15-19(14-24(29)31)28(34)35-20-11-12-23(18(3)13-20)30-26(32)21-9-4-5-10-22(21)27(30)33/h4-13,19H,14-15H2,1-3H3/t19-/m0/s1. The quantitative estimate of drug-likeness (QED) is 0.323. The molecular weight excluding hydrogens is 444 g/mol. The van der Waals surface area contributed by atoms with Crippen molar-refractivity contribution in [3.63, 3.8) is 0 Å². The molecule has 176 valence electrons. The van der Waals surface area contributed by atoms with Gasteiger partial charge in [0.25, 0.3) is 11.8 Å². The van der Waals surface area contributed by atoms with Crippen molar-refractivity contribution >= 4 is 35.1 Å². The molecule has 0 N–H and O–H groups in total. The second kappa shape index (κ2) is 8.51. The Morgan fingerprint density at radius 1 is 0.829 bits per heavy atom. The summed E-state index contributed by atoms with van der Waals surface area (Å²) in [4.78, 5) is 54.0. The Hall–Kier alpha value is -4.26. The van der Waals surface area contributed by atoms with E-state index in [9.17, 15) is 19.2 Å². The molecule has 7 heteroatoms. The molecule has 2 aliphatic rings. The van der Waals surface area contributed by atoms with Crippen molar-refractivity contribution < 1.29 is 23.9 Å². The van der Waals surface area contributed by atoms with Gasteiger partial charge in [-0.3, -0.25) is 19.2 Å². The SMILES string of the molecule is Cc1cc(OC(=O)[C@H]2CC(=O)N(c3c(C)cccc3C)C2)ccc1N1C(=O)c2ccccc2C1=O. The van der Waals surface area contributed by atoms with Crippen LogP contribution < -0.4 is 14.5 Å². The molecule has 2 aliphatic heterocycles. The molecule has 1 fully saturated rings. The van der Waals surface area contributed by atoms with Crippen LogP contribution in [0.1, 0.15) is 43.8 Å².